The maximum absolute atomic E-state index is 13.7. The van der Waals surface area contributed by atoms with Crippen molar-refractivity contribution in [2.24, 2.45) is 5.10 Å². The highest BCUT2D eigenvalue weighted by Crippen LogP contribution is 2.53. The first kappa shape index (κ1) is 20.9. The zero-order valence-corrected chi connectivity index (χ0v) is 18.5. The van der Waals surface area contributed by atoms with Crippen molar-refractivity contribution in [3.05, 3.63) is 119 Å². The van der Waals surface area contributed by atoms with Crippen LogP contribution in [-0.4, -0.2) is 6.21 Å². The molecule has 0 fully saturated rings. The lowest BCUT2D eigenvalue weighted by Crippen LogP contribution is -2.06. The molecule has 1 aliphatic heterocycles. The Balaban J connectivity index is 1.62. The van der Waals surface area contributed by atoms with Crippen LogP contribution in [0.25, 0.3) is 11.5 Å². The second kappa shape index (κ2) is 9.20. The molecule has 3 aromatic carbocycles. The quantitative estimate of drug-likeness (QED) is 0.260. The molecule has 1 heterocycles. The summed E-state index contributed by atoms with van der Waals surface area (Å²) in [7, 11) is -3.12. The molecule has 4 nitrogen and oxygen atoms in total. The Morgan fingerprint density at radius 1 is 0.806 bits per heavy atom. The zero-order valence-electron chi connectivity index (χ0n) is 17.6. The summed E-state index contributed by atoms with van der Waals surface area (Å²) in [5.41, 5.74) is 3.93. The van der Waals surface area contributed by atoms with E-state index in [1.54, 1.807) is 17.8 Å². The van der Waals surface area contributed by atoms with Crippen LogP contribution in [-0.2, 0) is 9.30 Å². The summed E-state index contributed by atoms with van der Waals surface area (Å²) >= 11 is 0. The lowest BCUT2D eigenvalue weighted by atomic mass is 10.0. The van der Waals surface area contributed by atoms with E-state index < -0.39 is 7.29 Å². The van der Waals surface area contributed by atoms with E-state index in [0.29, 0.717) is 17.4 Å². The van der Waals surface area contributed by atoms with Gasteiger partial charge in [0.15, 0.2) is 0 Å². The number of benzene rings is 3. The molecule has 0 spiro atoms. The fourth-order valence-corrected chi connectivity index (χ4v) is 4.78. The van der Waals surface area contributed by atoms with Gasteiger partial charge in [-0.2, -0.15) is 5.10 Å². The molecule has 156 valence electrons. The minimum atomic E-state index is -3.12. The standard InChI is InChI=1S/C26H25N2O2P/c1-20(2)22-15-13-21(14-16-22)17-27-28-31(29)18-25(23-9-5-3-6-10-23)30-26(19-31)24-11-7-4-8-12-24/h3-20H,1-2H3,(H,28,29). The van der Waals surface area contributed by atoms with Crippen LogP contribution in [0.3, 0.4) is 0 Å². The first-order chi connectivity index (χ1) is 15.0. The van der Waals surface area contributed by atoms with Crippen molar-refractivity contribution in [2.75, 3.05) is 0 Å². The Morgan fingerprint density at radius 3 is 1.81 bits per heavy atom. The van der Waals surface area contributed by atoms with Crippen molar-refractivity contribution in [2.45, 2.75) is 19.8 Å². The maximum atomic E-state index is 13.7. The van der Waals surface area contributed by atoms with Gasteiger partial charge in [0.05, 0.1) is 6.21 Å². The Kier molecular flexibility index (Phi) is 6.20. The lowest BCUT2D eigenvalue weighted by Gasteiger charge is -2.22. The predicted octanol–water partition coefficient (Wildman–Crippen LogP) is 7.04. The zero-order chi connectivity index (χ0) is 21.7. The smallest absolute Gasteiger partial charge is 0.235 e. The molecular formula is C26H25N2O2P. The summed E-state index contributed by atoms with van der Waals surface area (Å²) in [6.45, 7) is 4.32. The van der Waals surface area contributed by atoms with Gasteiger partial charge in [-0.15, -0.1) is 0 Å². The highest BCUT2D eigenvalue weighted by Gasteiger charge is 2.26. The van der Waals surface area contributed by atoms with Gasteiger partial charge in [0, 0.05) is 22.8 Å². The summed E-state index contributed by atoms with van der Waals surface area (Å²) in [6, 6.07) is 27.5. The summed E-state index contributed by atoms with van der Waals surface area (Å²) in [5.74, 6) is 4.84. The van der Waals surface area contributed by atoms with Gasteiger partial charge >= 0.3 is 0 Å². The molecule has 0 amide bonds. The highest BCUT2D eigenvalue weighted by atomic mass is 31.2. The largest absolute Gasteiger partial charge is 0.456 e. The van der Waals surface area contributed by atoms with Gasteiger partial charge in [0.25, 0.3) is 0 Å². The Morgan fingerprint density at radius 2 is 1.32 bits per heavy atom. The van der Waals surface area contributed by atoms with Gasteiger partial charge in [-0.25, -0.2) is 0 Å². The van der Waals surface area contributed by atoms with Crippen molar-refractivity contribution < 1.29 is 9.30 Å². The monoisotopic (exact) mass is 428 g/mol. The van der Waals surface area contributed by atoms with Gasteiger partial charge in [0.1, 0.15) is 11.5 Å². The normalized spacial score (nSPS) is 15.3. The fraction of sp³-hybridized carbons (Fsp3) is 0.115. The molecule has 3 aromatic rings. The minimum absolute atomic E-state index is 0.477. The number of hydrogen-bond donors (Lipinski definition) is 1. The third-order valence-electron chi connectivity index (χ3n) is 4.99. The molecule has 0 radical (unpaired) electrons. The second-order valence-electron chi connectivity index (χ2n) is 7.71. The first-order valence-electron chi connectivity index (χ1n) is 10.3. The third kappa shape index (κ3) is 5.22. The molecule has 1 aliphatic rings. The van der Waals surface area contributed by atoms with E-state index in [4.69, 9.17) is 4.74 Å². The van der Waals surface area contributed by atoms with Crippen LogP contribution in [0.15, 0.2) is 102 Å². The van der Waals surface area contributed by atoms with Gasteiger partial charge in [-0.05, 0) is 17.0 Å². The van der Waals surface area contributed by atoms with Crippen LogP contribution >= 0.6 is 7.29 Å². The lowest BCUT2D eigenvalue weighted by molar-refractivity contribution is 0.468. The number of nitrogens with zero attached hydrogens (tertiary/aromatic N) is 1. The second-order valence-corrected chi connectivity index (χ2v) is 9.84. The molecule has 5 heteroatoms. The Hall–Kier alpha value is -3.36. The Labute approximate surface area is 183 Å². The van der Waals surface area contributed by atoms with Gasteiger partial charge < -0.3 is 4.74 Å². The van der Waals surface area contributed by atoms with E-state index in [-0.39, 0.29) is 0 Å². The number of rotatable bonds is 6. The molecule has 0 unspecified atom stereocenters. The summed E-state index contributed by atoms with van der Waals surface area (Å²) < 4.78 is 19.8. The molecule has 4 rings (SSSR count). The first-order valence-corrected chi connectivity index (χ1v) is 12.1. The third-order valence-corrected chi connectivity index (χ3v) is 6.65. The highest BCUT2D eigenvalue weighted by molar-refractivity contribution is 7.68. The van der Waals surface area contributed by atoms with Crippen LogP contribution in [0.2, 0.25) is 0 Å². The number of hydrazone groups is 1. The summed E-state index contributed by atoms with van der Waals surface area (Å²) in [5, 5.41) is 7.16. The van der Waals surface area contributed by atoms with Crippen molar-refractivity contribution in [3.8, 4) is 0 Å². The number of nitrogens with one attached hydrogen (secondary N) is 1. The van der Waals surface area contributed by atoms with Crippen LogP contribution in [0.1, 0.15) is 42.0 Å². The van der Waals surface area contributed by atoms with Crippen LogP contribution in [0, 0.1) is 0 Å². The van der Waals surface area contributed by atoms with Crippen molar-refractivity contribution in [1.29, 1.82) is 0 Å². The van der Waals surface area contributed by atoms with E-state index in [2.05, 4.69) is 36.3 Å². The van der Waals surface area contributed by atoms with Gasteiger partial charge in [-0.1, -0.05) is 98.8 Å². The van der Waals surface area contributed by atoms with Crippen molar-refractivity contribution in [3.63, 3.8) is 0 Å². The molecule has 0 atom stereocenters. The molecule has 0 saturated heterocycles. The number of ether oxygens (including phenoxy) is 1. The molecule has 0 saturated carbocycles. The van der Waals surface area contributed by atoms with E-state index >= 15 is 0 Å². The maximum Gasteiger partial charge on any atom is 0.235 e. The van der Waals surface area contributed by atoms with E-state index in [9.17, 15) is 4.57 Å². The molecule has 1 N–H and O–H groups in total. The van der Waals surface area contributed by atoms with Gasteiger partial charge in [0.2, 0.25) is 7.29 Å². The fourth-order valence-electron chi connectivity index (χ4n) is 3.25. The SMILES string of the molecule is CC(C)c1ccc(C=NNP2(=O)C=C(c3ccccc3)OC(c3ccccc3)=C2)cc1. The van der Waals surface area contributed by atoms with Crippen LogP contribution in [0.5, 0.6) is 0 Å². The van der Waals surface area contributed by atoms with Crippen molar-refractivity contribution in [1.82, 2.24) is 5.20 Å². The average molecular weight is 428 g/mol. The average Bonchev–Trinajstić information content (AvgIpc) is 2.80. The number of hydrogen-bond acceptors (Lipinski definition) is 3. The molecule has 0 aliphatic carbocycles. The van der Waals surface area contributed by atoms with Gasteiger partial charge in [-0.3, -0.25) is 9.76 Å². The van der Waals surface area contributed by atoms with E-state index in [0.717, 1.165) is 16.7 Å². The van der Waals surface area contributed by atoms with Crippen molar-refractivity contribution >= 4 is 25.0 Å². The minimum Gasteiger partial charge on any atom is -0.456 e. The summed E-state index contributed by atoms with van der Waals surface area (Å²) in [6.07, 6.45) is 1.69. The summed E-state index contributed by atoms with van der Waals surface area (Å²) in [4.78, 5) is 0. The van der Waals surface area contributed by atoms with E-state index in [1.807, 2.05) is 72.8 Å². The predicted molar refractivity (Wildman–Crippen MR) is 129 cm³/mol. The molecule has 0 aromatic heterocycles. The molecule has 31 heavy (non-hydrogen) atoms. The van der Waals surface area contributed by atoms with Crippen LogP contribution in [0.4, 0.5) is 0 Å². The molecular weight excluding hydrogens is 403 g/mol. The van der Waals surface area contributed by atoms with Crippen LogP contribution < -0.4 is 5.20 Å². The molecule has 0 bridgehead atoms. The van der Waals surface area contributed by atoms with E-state index in [1.165, 1.54) is 5.56 Å². The topological polar surface area (TPSA) is 50.7 Å². The Bertz CT molecular complexity index is 1110.